The van der Waals surface area contributed by atoms with Crippen molar-refractivity contribution in [3.63, 3.8) is 0 Å². The average Bonchev–Trinajstić information content (AvgIpc) is 2.48. The summed E-state index contributed by atoms with van der Waals surface area (Å²) >= 11 is 0. The molecule has 68 valence electrons. The predicted molar refractivity (Wildman–Crippen MR) is 51.3 cm³/mol. The number of rotatable bonds is 1. The monoisotopic (exact) mass is 176 g/mol. The summed E-state index contributed by atoms with van der Waals surface area (Å²) in [7, 11) is 1.95. The second-order valence-corrected chi connectivity index (χ2v) is 3.25. The van der Waals surface area contributed by atoms with E-state index in [9.17, 15) is 5.11 Å². The molecule has 0 fully saturated rings. The van der Waals surface area contributed by atoms with Crippen molar-refractivity contribution in [1.82, 2.24) is 9.55 Å². The fraction of sp³-hybridized carbons (Fsp3) is 0.300. The van der Waals surface area contributed by atoms with Crippen LogP contribution >= 0.6 is 0 Å². The molecule has 1 atom stereocenters. The maximum absolute atomic E-state index is 9.48. The lowest BCUT2D eigenvalue weighted by molar-refractivity contribution is 0.200. The lowest BCUT2D eigenvalue weighted by Gasteiger charge is -2.04. The molecule has 0 saturated heterocycles. The number of fused-ring (bicyclic) bond motifs is 1. The molecule has 1 N–H and O–H groups in total. The Morgan fingerprint density at radius 1 is 1.46 bits per heavy atom. The number of hydrogen-bond acceptors (Lipinski definition) is 2. The Labute approximate surface area is 76.6 Å². The lowest BCUT2D eigenvalue weighted by atomic mass is 10.1. The summed E-state index contributed by atoms with van der Waals surface area (Å²) in [6.07, 6.45) is 1.30. The largest absolute Gasteiger partial charge is 0.389 e. The summed E-state index contributed by atoms with van der Waals surface area (Å²) in [5.41, 5.74) is 2.83. The van der Waals surface area contributed by atoms with Crippen molar-refractivity contribution in [2.45, 2.75) is 13.0 Å². The van der Waals surface area contributed by atoms with E-state index in [1.54, 1.807) is 13.3 Å². The highest BCUT2D eigenvalue weighted by molar-refractivity contribution is 5.79. The molecule has 0 aliphatic carbocycles. The summed E-state index contributed by atoms with van der Waals surface area (Å²) in [6.45, 7) is 1.75. The van der Waals surface area contributed by atoms with Crippen LogP contribution in [-0.4, -0.2) is 14.7 Å². The number of para-hydroxylation sites is 1. The molecule has 3 heteroatoms. The second kappa shape index (κ2) is 2.85. The first-order valence-corrected chi connectivity index (χ1v) is 4.28. The lowest BCUT2D eigenvalue weighted by Crippen LogP contribution is -1.92. The van der Waals surface area contributed by atoms with Crippen molar-refractivity contribution in [1.29, 1.82) is 0 Å². The highest BCUT2D eigenvalue weighted by Crippen LogP contribution is 2.21. The third-order valence-corrected chi connectivity index (χ3v) is 2.24. The number of aliphatic hydroxyl groups is 1. The van der Waals surface area contributed by atoms with Gasteiger partial charge in [0.25, 0.3) is 0 Å². The Kier molecular flexibility index (Phi) is 1.81. The number of aromatic nitrogens is 2. The van der Waals surface area contributed by atoms with E-state index in [2.05, 4.69) is 4.98 Å². The molecule has 0 radical (unpaired) electrons. The van der Waals surface area contributed by atoms with Crippen LogP contribution in [0.1, 0.15) is 18.6 Å². The van der Waals surface area contributed by atoms with Crippen molar-refractivity contribution in [2.75, 3.05) is 0 Å². The Bertz CT molecular complexity index is 431. The van der Waals surface area contributed by atoms with Gasteiger partial charge in [0.15, 0.2) is 0 Å². The quantitative estimate of drug-likeness (QED) is 0.717. The van der Waals surface area contributed by atoms with Gasteiger partial charge in [-0.25, -0.2) is 4.98 Å². The molecule has 2 aromatic rings. The van der Waals surface area contributed by atoms with Gasteiger partial charge < -0.3 is 9.67 Å². The van der Waals surface area contributed by atoms with E-state index >= 15 is 0 Å². The van der Waals surface area contributed by atoms with Crippen molar-refractivity contribution in [2.24, 2.45) is 7.05 Å². The first-order chi connectivity index (χ1) is 6.20. The number of benzene rings is 1. The van der Waals surface area contributed by atoms with Crippen molar-refractivity contribution < 1.29 is 5.11 Å². The Morgan fingerprint density at radius 2 is 2.23 bits per heavy atom. The summed E-state index contributed by atoms with van der Waals surface area (Å²) in [4.78, 5) is 4.24. The Hall–Kier alpha value is -1.35. The van der Waals surface area contributed by atoms with Gasteiger partial charge in [0.2, 0.25) is 0 Å². The molecule has 0 spiro atoms. The SMILES string of the molecule is CC(O)c1cccc2c1ncn2C. The summed E-state index contributed by atoms with van der Waals surface area (Å²) < 4.78 is 1.95. The molecule has 0 aliphatic heterocycles. The standard InChI is InChI=1S/C10H12N2O/c1-7(13)8-4-3-5-9-10(8)11-6-12(9)2/h3-7,13H,1-2H3. The molecule has 1 aromatic heterocycles. The van der Waals surface area contributed by atoms with Crippen molar-refractivity contribution in [3.8, 4) is 0 Å². The first kappa shape index (κ1) is 8.26. The van der Waals surface area contributed by atoms with Gasteiger partial charge in [-0.15, -0.1) is 0 Å². The van der Waals surface area contributed by atoms with Crippen LogP contribution in [0.4, 0.5) is 0 Å². The van der Waals surface area contributed by atoms with E-state index < -0.39 is 6.10 Å². The molecule has 0 saturated carbocycles. The normalized spacial score (nSPS) is 13.5. The predicted octanol–water partition coefficient (Wildman–Crippen LogP) is 1.63. The zero-order valence-corrected chi connectivity index (χ0v) is 7.73. The number of aryl methyl sites for hydroxylation is 1. The van der Waals surface area contributed by atoms with Crippen LogP contribution in [0.25, 0.3) is 11.0 Å². The molecule has 2 rings (SSSR count). The Morgan fingerprint density at radius 3 is 2.92 bits per heavy atom. The molecular formula is C10H12N2O. The average molecular weight is 176 g/mol. The van der Waals surface area contributed by atoms with Gasteiger partial charge in [-0.3, -0.25) is 0 Å². The van der Waals surface area contributed by atoms with Crippen LogP contribution in [0, 0.1) is 0 Å². The summed E-state index contributed by atoms with van der Waals surface area (Å²) in [5, 5.41) is 9.48. The number of nitrogens with zero attached hydrogens (tertiary/aromatic N) is 2. The number of hydrogen-bond donors (Lipinski definition) is 1. The molecular weight excluding hydrogens is 164 g/mol. The van der Waals surface area contributed by atoms with Crippen LogP contribution in [0.15, 0.2) is 24.5 Å². The fourth-order valence-electron chi connectivity index (χ4n) is 1.52. The summed E-state index contributed by atoms with van der Waals surface area (Å²) in [5.74, 6) is 0. The summed E-state index contributed by atoms with van der Waals surface area (Å²) in [6, 6.07) is 5.83. The third kappa shape index (κ3) is 1.21. The first-order valence-electron chi connectivity index (χ1n) is 4.28. The molecule has 13 heavy (non-hydrogen) atoms. The van der Waals surface area contributed by atoms with E-state index in [4.69, 9.17) is 0 Å². The van der Waals surface area contributed by atoms with Crippen LogP contribution in [0.5, 0.6) is 0 Å². The topological polar surface area (TPSA) is 38.1 Å². The van der Waals surface area contributed by atoms with Crippen LogP contribution < -0.4 is 0 Å². The third-order valence-electron chi connectivity index (χ3n) is 2.24. The molecule has 0 aliphatic rings. The maximum atomic E-state index is 9.48. The minimum atomic E-state index is -0.460. The Balaban J connectivity index is 2.77. The molecule has 1 aromatic carbocycles. The van der Waals surface area contributed by atoms with E-state index in [-0.39, 0.29) is 0 Å². The van der Waals surface area contributed by atoms with Gasteiger partial charge in [-0.05, 0) is 13.0 Å². The molecule has 3 nitrogen and oxygen atoms in total. The van der Waals surface area contributed by atoms with Crippen LogP contribution in [0.2, 0.25) is 0 Å². The van der Waals surface area contributed by atoms with Gasteiger partial charge in [0, 0.05) is 12.6 Å². The van der Waals surface area contributed by atoms with E-state index in [1.807, 2.05) is 29.8 Å². The molecule has 1 heterocycles. The maximum Gasteiger partial charge on any atom is 0.0955 e. The minimum absolute atomic E-state index is 0.460. The van der Waals surface area contributed by atoms with Crippen LogP contribution in [0.3, 0.4) is 0 Å². The minimum Gasteiger partial charge on any atom is -0.389 e. The smallest absolute Gasteiger partial charge is 0.0955 e. The van der Waals surface area contributed by atoms with E-state index in [0.29, 0.717) is 0 Å². The fourth-order valence-corrected chi connectivity index (χ4v) is 1.52. The van der Waals surface area contributed by atoms with Gasteiger partial charge in [-0.1, -0.05) is 12.1 Å². The van der Waals surface area contributed by atoms with E-state index in [1.165, 1.54) is 0 Å². The molecule has 0 bridgehead atoms. The zero-order chi connectivity index (χ0) is 9.42. The molecule has 0 amide bonds. The highest BCUT2D eigenvalue weighted by Gasteiger charge is 2.08. The van der Waals surface area contributed by atoms with E-state index in [0.717, 1.165) is 16.6 Å². The van der Waals surface area contributed by atoms with Crippen LogP contribution in [-0.2, 0) is 7.05 Å². The zero-order valence-electron chi connectivity index (χ0n) is 7.73. The van der Waals surface area contributed by atoms with Gasteiger partial charge in [0.1, 0.15) is 0 Å². The number of aliphatic hydroxyl groups excluding tert-OH is 1. The highest BCUT2D eigenvalue weighted by atomic mass is 16.3. The molecule has 1 unspecified atom stereocenters. The number of imidazole rings is 1. The van der Waals surface area contributed by atoms with Crippen molar-refractivity contribution in [3.05, 3.63) is 30.1 Å². The van der Waals surface area contributed by atoms with Crippen molar-refractivity contribution >= 4 is 11.0 Å². The second-order valence-electron chi connectivity index (χ2n) is 3.25. The van der Waals surface area contributed by atoms with Gasteiger partial charge in [0.05, 0.1) is 23.5 Å². The van der Waals surface area contributed by atoms with Gasteiger partial charge in [-0.2, -0.15) is 0 Å². The van der Waals surface area contributed by atoms with Gasteiger partial charge >= 0.3 is 0 Å².